The molecule has 4 aromatic rings. The van der Waals surface area contributed by atoms with E-state index in [4.69, 9.17) is 0 Å². The maximum Gasteiger partial charge on any atom is 0.274 e. The molecule has 0 radical (unpaired) electrons. The second-order valence-corrected chi connectivity index (χ2v) is 6.60. The Balaban J connectivity index is 1.52. The summed E-state index contributed by atoms with van der Waals surface area (Å²) >= 11 is 0. The average molecular weight is 360 g/mol. The van der Waals surface area contributed by atoms with Crippen LogP contribution in [0.1, 0.15) is 33.1 Å². The van der Waals surface area contributed by atoms with E-state index in [9.17, 15) is 4.79 Å². The van der Waals surface area contributed by atoms with Crippen LogP contribution in [0.2, 0.25) is 0 Å². The summed E-state index contributed by atoms with van der Waals surface area (Å²) in [6.45, 7) is 6.12. The number of aromatic nitrogens is 5. The molecule has 0 fully saturated rings. The van der Waals surface area contributed by atoms with Crippen LogP contribution in [0.25, 0.3) is 16.7 Å². The van der Waals surface area contributed by atoms with Gasteiger partial charge in [0.1, 0.15) is 5.82 Å². The molecular weight excluding hydrogens is 340 g/mol. The number of amides is 1. The third kappa shape index (κ3) is 3.31. The number of hydrogen-bond acceptors (Lipinski definition) is 4. The second-order valence-electron chi connectivity index (χ2n) is 6.60. The summed E-state index contributed by atoms with van der Waals surface area (Å²) in [4.78, 5) is 21.7. The summed E-state index contributed by atoms with van der Waals surface area (Å²) in [6.07, 6.45) is 0. The quantitative estimate of drug-likeness (QED) is 0.585. The lowest BCUT2D eigenvalue weighted by molar-refractivity contribution is 0.0944. The van der Waals surface area contributed by atoms with Crippen molar-refractivity contribution in [2.45, 2.75) is 27.3 Å². The Kier molecular flexibility index (Phi) is 4.19. The van der Waals surface area contributed by atoms with Crippen LogP contribution < -0.4 is 5.32 Å². The fourth-order valence-corrected chi connectivity index (χ4v) is 3.06. The molecule has 2 aromatic carbocycles. The van der Waals surface area contributed by atoms with Crippen molar-refractivity contribution in [3.8, 4) is 5.69 Å². The SMILES string of the molecule is Cc1ccc(-n2nc(C)c(C(=O)NCc3nc4ccccc4[nH]3)n2)c(C)c1. The summed E-state index contributed by atoms with van der Waals surface area (Å²) in [7, 11) is 0. The van der Waals surface area contributed by atoms with Crippen molar-refractivity contribution in [1.29, 1.82) is 0 Å². The summed E-state index contributed by atoms with van der Waals surface area (Å²) in [5.74, 6) is 0.424. The summed E-state index contributed by atoms with van der Waals surface area (Å²) in [5.41, 5.74) is 5.80. The maximum atomic E-state index is 12.6. The highest BCUT2D eigenvalue weighted by molar-refractivity contribution is 5.93. The molecule has 0 saturated carbocycles. The molecule has 0 saturated heterocycles. The van der Waals surface area contributed by atoms with Crippen LogP contribution >= 0.6 is 0 Å². The van der Waals surface area contributed by atoms with Gasteiger partial charge in [-0.25, -0.2) is 4.98 Å². The van der Waals surface area contributed by atoms with Gasteiger partial charge in [-0.05, 0) is 44.5 Å². The Morgan fingerprint density at radius 3 is 2.70 bits per heavy atom. The molecule has 0 aliphatic rings. The molecule has 4 rings (SSSR count). The fourth-order valence-electron chi connectivity index (χ4n) is 3.06. The summed E-state index contributed by atoms with van der Waals surface area (Å²) < 4.78 is 0. The highest BCUT2D eigenvalue weighted by atomic mass is 16.2. The van der Waals surface area contributed by atoms with Gasteiger partial charge >= 0.3 is 0 Å². The first-order valence-electron chi connectivity index (χ1n) is 8.74. The Labute approximate surface area is 156 Å². The Morgan fingerprint density at radius 2 is 1.93 bits per heavy atom. The molecule has 0 unspecified atom stereocenters. The maximum absolute atomic E-state index is 12.6. The smallest absolute Gasteiger partial charge is 0.274 e. The predicted molar refractivity (Wildman–Crippen MR) is 103 cm³/mol. The van der Waals surface area contributed by atoms with Crippen molar-refractivity contribution < 1.29 is 4.79 Å². The number of aromatic amines is 1. The summed E-state index contributed by atoms with van der Waals surface area (Å²) in [6, 6.07) is 13.8. The van der Waals surface area contributed by atoms with Crippen molar-refractivity contribution >= 4 is 16.9 Å². The minimum Gasteiger partial charge on any atom is -0.343 e. The van der Waals surface area contributed by atoms with E-state index in [1.165, 1.54) is 10.4 Å². The number of fused-ring (bicyclic) bond motifs is 1. The normalized spacial score (nSPS) is 11.1. The lowest BCUT2D eigenvalue weighted by Crippen LogP contribution is -2.24. The number of imidazole rings is 1. The minimum absolute atomic E-state index is 0.274. The van der Waals surface area contributed by atoms with Crippen LogP contribution in [-0.4, -0.2) is 30.9 Å². The third-order valence-corrected chi connectivity index (χ3v) is 4.42. The van der Waals surface area contributed by atoms with E-state index in [1.807, 2.05) is 50.2 Å². The van der Waals surface area contributed by atoms with Crippen molar-refractivity contribution in [3.63, 3.8) is 0 Å². The molecule has 7 heteroatoms. The van der Waals surface area contributed by atoms with Crippen LogP contribution in [0, 0.1) is 20.8 Å². The molecule has 0 bridgehead atoms. The fraction of sp³-hybridized carbons (Fsp3) is 0.200. The number of carbonyl (C=O) groups excluding carboxylic acids is 1. The lowest BCUT2D eigenvalue weighted by atomic mass is 10.1. The van der Waals surface area contributed by atoms with Crippen LogP contribution in [0.3, 0.4) is 0 Å². The van der Waals surface area contributed by atoms with Gasteiger partial charge in [-0.2, -0.15) is 9.90 Å². The van der Waals surface area contributed by atoms with Crippen molar-refractivity contribution in [3.05, 3.63) is 70.8 Å². The lowest BCUT2D eigenvalue weighted by Gasteiger charge is -2.05. The van der Waals surface area contributed by atoms with Gasteiger partial charge in [-0.15, -0.1) is 5.10 Å². The molecule has 2 heterocycles. The zero-order chi connectivity index (χ0) is 19.0. The number of carbonyl (C=O) groups is 1. The van der Waals surface area contributed by atoms with Gasteiger partial charge in [0.15, 0.2) is 5.69 Å². The van der Waals surface area contributed by atoms with Crippen LogP contribution in [0.4, 0.5) is 0 Å². The highest BCUT2D eigenvalue weighted by Gasteiger charge is 2.17. The van der Waals surface area contributed by atoms with E-state index in [2.05, 4.69) is 31.5 Å². The Bertz CT molecular complexity index is 1110. The molecule has 0 atom stereocenters. The third-order valence-electron chi connectivity index (χ3n) is 4.42. The minimum atomic E-state index is -0.274. The van der Waals surface area contributed by atoms with E-state index in [0.717, 1.165) is 22.3 Å². The molecule has 0 spiro atoms. The molecule has 1 amide bonds. The average Bonchev–Trinajstić information content (AvgIpc) is 3.22. The topological polar surface area (TPSA) is 88.5 Å². The molecule has 7 nitrogen and oxygen atoms in total. The zero-order valence-corrected chi connectivity index (χ0v) is 15.4. The van der Waals surface area contributed by atoms with Crippen molar-refractivity contribution in [2.24, 2.45) is 0 Å². The summed E-state index contributed by atoms with van der Waals surface area (Å²) in [5, 5.41) is 11.6. The van der Waals surface area contributed by atoms with Crippen molar-refractivity contribution in [2.75, 3.05) is 0 Å². The standard InChI is InChI=1S/C20H20N6O/c1-12-8-9-17(13(2)10-12)26-24-14(3)19(25-26)20(27)21-11-18-22-15-6-4-5-7-16(15)23-18/h4-10H,11H2,1-3H3,(H,21,27)(H,22,23). The monoisotopic (exact) mass is 360 g/mol. The van der Waals surface area contributed by atoms with E-state index in [-0.39, 0.29) is 5.91 Å². The molecule has 2 aromatic heterocycles. The number of benzene rings is 2. The van der Waals surface area contributed by atoms with Crippen LogP contribution in [-0.2, 0) is 6.54 Å². The second kappa shape index (κ2) is 6.68. The van der Waals surface area contributed by atoms with Gasteiger partial charge in [0.05, 0.1) is 29.0 Å². The highest BCUT2D eigenvalue weighted by Crippen LogP contribution is 2.15. The van der Waals surface area contributed by atoms with E-state index < -0.39 is 0 Å². The molecule has 0 aliphatic heterocycles. The first-order chi connectivity index (χ1) is 13.0. The number of para-hydroxylation sites is 2. The van der Waals surface area contributed by atoms with E-state index in [1.54, 1.807) is 6.92 Å². The van der Waals surface area contributed by atoms with Crippen LogP contribution in [0.15, 0.2) is 42.5 Å². The number of rotatable bonds is 4. The Hall–Kier alpha value is -3.48. The number of nitrogens with one attached hydrogen (secondary N) is 2. The van der Waals surface area contributed by atoms with Gasteiger partial charge in [0.25, 0.3) is 5.91 Å². The number of H-pyrrole nitrogens is 1. The largest absolute Gasteiger partial charge is 0.343 e. The first kappa shape index (κ1) is 17.0. The van der Waals surface area contributed by atoms with Gasteiger partial charge in [-0.1, -0.05) is 29.8 Å². The molecule has 27 heavy (non-hydrogen) atoms. The first-order valence-corrected chi connectivity index (χ1v) is 8.74. The zero-order valence-electron chi connectivity index (χ0n) is 15.4. The Morgan fingerprint density at radius 1 is 1.11 bits per heavy atom. The number of aryl methyl sites for hydroxylation is 3. The number of nitrogens with zero attached hydrogens (tertiary/aromatic N) is 4. The van der Waals surface area contributed by atoms with Gasteiger partial charge < -0.3 is 10.3 Å². The van der Waals surface area contributed by atoms with E-state index >= 15 is 0 Å². The van der Waals surface area contributed by atoms with Gasteiger partial charge in [0, 0.05) is 0 Å². The van der Waals surface area contributed by atoms with Crippen molar-refractivity contribution in [1.82, 2.24) is 30.3 Å². The number of hydrogen-bond donors (Lipinski definition) is 2. The molecule has 2 N–H and O–H groups in total. The predicted octanol–water partition coefficient (Wildman–Crippen LogP) is 3.00. The molecule has 136 valence electrons. The van der Waals surface area contributed by atoms with Gasteiger partial charge in [-0.3, -0.25) is 4.79 Å². The van der Waals surface area contributed by atoms with E-state index in [0.29, 0.717) is 23.8 Å². The van der Waals surface area contributed by atoms with Gasteiger partial charge in [0.2, 0.25) is 0 Å². The van der Waals surface area contributed by atoms with Crippen LogP contribution in [0.5, 0.6) is 0 Å². The molecule has 0 aliphatic carbocycles. The molecular formula is C20H20N6O.